The number of amides is 2. The number of thioether (sulfide) groups is 2. The summed E-state index contributed by atoms with van der Waals surface area (Å²) in [4.78, 5) is 46.4. The molecule has 1 heterocycles. The molecular formula is C18H28N4O6S3. The van der Waals surface area contributed by atoms with E-state index >= 15 is 0 Å². The van der Waals surface area contributed by atoms with Crippen molar-refractivity contribution in [2.24, 2.45) is 0 Å². The van der Waals surface area contributed by atoms with Crippen LogP contribution in [0.25, 0.3) is 0 Å². The molecule has 10 nitrogen and oxygen atoms in total. The predicted octanol–water partition coefficient (Wildman–Crippen LogP) is 2.24. The maximum atomic E-state index is 12.0. The molecule has 0 spiro atoms. The normalized spacial score (nSPS) is 12.7. The summed E-state index contributed by atoms with van der Waals surface area (Å²) in [6, 6.07) is -1.81. The first kappa shape index (κ1) is 27.2. The number of aliphatic carboxylic acids is 2. The highest BCUT2D eigenvalue weighted by atomic mass is 32.2. The van der Waals surface area contributed by atoms with Gasteiger partial charge in [-0.25, -0.2) is 9.59 Å². The number of carboxylic acids is 2. The Morgan fingerprint density at radius 1 is 0.839 bits per heavy atom. The van der Waals surface area contributed by atoms with Gasteiger partial charge in [-0.1, -0.05) is 74.4 Å². The second-order valence-corrected chi connectivity index (χ2v) is 10.0. The highest BCUT2D eigenvalue weighted by molar-refractivity contribution is 8.03. The molecule has 0 saturated heterocycles. The Morgan fingerprint density at radius 2 is 1.23 bits per heavy atom. The SMILES string of the molecule is CCCC[C@H](NC(=O)CSc1nnc(SCC(=O)N[C@@H](CCCC)C(=O)O)s1)C(=O)O. The van der Waals surface area contributed by atoms with Gasteiger partial charge < -0.3 is 20.8 Å². The van der Waals surface area contributed by atoms with Crippen LogP contribution in [0.4, 0.5) is 0 Å². The third-order valence-corrected chi connectivity index (χ3v) is 7.19. The number of hydrogen-bond acceptors (Lipinski definition) is 9. The molecular weight excluding hydrogens is 464 g/mol. The molecule has 0 saturated carbocycles. The summed E-state index contributed by atoms with van der Waals surface area (Å²) in [6.45, 7) is 3.89. The van der Waals surface area contributed by atoms with Crippen LogP contribution in [0.2, 0.25) is 0 Å². The first-order valence-electron chi connectivity index (χ1n) is 9.90. The van der Waals surface area contributed by atoms with E-state index in [0.717, 1.165) is 36.4 Å². The van der Waals surface area contributed by atoms with E-state index < -0.39 is 35.8 Å². The monoisotopic (exact) mass is 492 g/mol. The molecule has 1 aromatic rings. The van der Waals surface area contributed by atoms with Crippen LogP contribution >= 0.6 is 34.9 Å². The van der Waals surface area contributed by atoms with Crippen LogP contribution in [0.3, 0.4) is 0 Å². The van der Waals surface area contributed by atoms with E-state index in [4.69, 9.17) is 10.2 Å². The average molecular weight is 493 g/mol. The Hall–Kier alpha value is -1.86. The quantitative estimate of drug-likeness (QED) is 0.252. The lowest BCUT2D eigenvalue weighted by Gasteiger charge is -2.13. The maximum absolute atomic E-state index is 12.0. The van der Waals surface area contributed by atoms with Gasteiger partial charge in [-0.15, -0.1) is 10.2 Å². The molecule has 2 atom stereocenters. The van der Waals surface area contributed by atoms with Crippen molar-refractivity contribution < 1.29 is 29.4 Å². The fourth-order valence-electron chi connectivity index (χ4n) is 2.37. The van der Waals surface area contributed by atoms with Crippen molar-refractivity contribution in [2.45, 2.75) is 73.1 Å². The Kier molecular flexibility index (Phi) is 13.2. The van der Waals surface area contributed by atoms with Crippen LogP contribution in [0, 0.1) is 0 Å². The number of carbonyl (C=O) groups excluding carboxylic acids is 2. The van der Waals surface area contributed by atoms with Crippen molar-refractivity contribution in [3.05, 3.63) is 0 Å². The molecule has 0 aromatic carbocycles. The number of nitrogens with one attached hydrogen (secondary N) is 2. The Bertz CT molecular complexity index is 687. The third-order valence-electron chi connectivity index (χ3n) is 4.00. The van der Waals surface area contributed by atoms with Gasteiger partial charge in [0.05, 0.1) is 11.5 Å². The van der Waals surface area contributed by atoms with Gasteiger partial charge in [-0.05, 0) is 12.8 Å². The lowest BCUT2D eigenvalue weighted by Crippen LogP contribution is -2.41. The van der Waals surface area contributed by atoms with Crippen LogP contribution in [-0.4, -0.2) is 67.8 Å². The molecule has 0 aliphatic rings. The van der Waals surface area contributed by atoms with Crippen molar-refractivity contribution in [1.29, 1.82) is 0 Å². The van der Waals surface area contributed by atoms with Crippen molar-refractivity contribution in [1.82, 2.24) is 20.8 Å². The molecule has 0 radical (unpaired) electrons. The van der Waals surface area contributed by atoms with E-state index in [2.05, 4.69) is 20.8 Å². The summed E-state index contributed by atoms with van der Waals surface area (Å²) in [5.41, 5.74) is 0. The van der Waals surface area contributed by atoms with Gasteiger partial charge in [0, 0.05) is 0 Å². The van der Waals surface area contributed by atoms with Gasteiger partial charge in [0.1, 0.15) is 12.1 Å². The van der Waals surface area contributed by atoms with Gasteiger partial charge in [0.2, 0.25) is 11.8 Å². The molecule has 1 aromatic heterocycles. The molecule has 0 bridgehead atoms. The Balaban J connectivity index is 2.42. The third kappa shape index (κ3) is 11.4. The van der Waals surface area contributed by atoms with E-state index in [9.17, 15) is 19.2 Å². The topological polar surface area (TPSA) is 159 Å². The zero-order chi connectivity index (χ0) is 23.2. The number of rotatable bonds is 16. The molecule has 1 rings (SSSR count). The number of nitrogens with zero attached hydrogens (tertiary/aromatic N) is 2. The zero-order valence-electron chi connectivity index (χ0n) is 17.5. The number of carbonyl (C=O) groups is 4. The molecule has 0 aliphatic heterocycles. The first-order chi connectivity index (χ1) is 14.8. The number of unbranched alkanes of at least 4 members (excludes halogenated alkanes) is 2. The van der Waals surface area contributed by atoms with Crippen LogP contribution in [-0.2, 0) is 19.2 Å². The minimum absolute atomic E-state index is 0.00735. The minimum atomic E-state index is -1.06. The van der Waals surface area contributed by atoms with Gasteiger partial charge in [0.15, 0.2) is 8.68 Å². The Morgan fingerprint density at radius 3 is 1.55 bits per heavy atom. The number of aromatic nitrogens is 2. The minimum Gasteiger partial charge on any atom is -0.480 e. The zero-order valence-corrected chi connectivity index (χ0v) is 19.9. The van der Waals surface area contributed by atoms with E-state index in [1.165, 1.54) is 11.3 Å². The fourth-order valence-corrected chi connectivity index (χ4v) is 5.01. The largest absolute Gasteiger partial charge is 0.480 e. The van der Waals surface area contributed by atoms with E-state index in [-0.39, 0.29) is 11.5 Å². The first-order valence-corrected chi connectivity index (χ1v) is 12.7. The summed E-state index contributed by atoms with van der Waals surface area (Å²) in [5.74, 6) is -2.90. The lowest BCUT2D eigenvalue weighted by atomic mass is 10.1. The van der Waals surface area contributed by atoms with Crippen molar-refractivity contribution in [3.8, 4) is 0 Å². The fraction of sp³-hybridized carbons (Fsp3) is 0.667. The van der Waals surface area contributed by atoms with E-state index in [0.29, 0.717) is 34.4 Å². The van der Waals surface area contributed by atoms with Crippen molar-refractivity contribution in [3.63, 3.8) is 0 Å². The second-order valence-electron chi connectivity index (χ2n) is 6.61. The maximum Gasteiger partial charge on any atom is 0.326 e. The standard InChI is InChI=1S/C18H28N4O6S3/c1-3-5-7-11(15(25)26)19-13(23)9-29-17-21-22-18(31-17)30-10-14(24)20-12(16(27)28)8-6-4-2/h11-12H,3-10H2,1-2H3,(H,19,23)(H,20,24)(H,25,26)(H,27,28)/t11-,12-/m0/s1. The molecule has 13 heteroatoms. The van der Waals surface area contributed by atoms with Crippen LogP contribution in [0.5, 0.6) is 0 Å². The summed E-state index contributed by atoms with van der Waals surface area (Å²) in [5, 5.41) is 31.2. The van der Waals surface area contributed by atoms with E-state index in [1.807, 2.05) is 13.8 Å². The van der Waals surface area contributed by atoms with Gasteiger partial charge in [0.25, 0.3) is 0 Å². The average Bonchev–Trinajstić information content (AvgIpc) is 3.18. The summed E-state index contributed by atoms with van der Waals surface area (Å²) < 4.78 is 1.04. The van der Waals surface area contributed by atoms with Crippen LogP contribution in [0.15, 0.2) is 8.68 Å². The molecule has 2 amide bonds. The van der Waals surface area contributed by atoms with E-state index in [1.54, 1.807) is 0 Å². The molecule has 174 valence electrons. The molecule has 31 heavy (non-hydrogen) atoms. The summed E-state index contributed by atoms with van der Waals surface area (Å²) >= 11 is 3.47. The van der Waals surface area contributed by atoms with Gasteiger partial charge >= 0.3 is 11.9 Å². The summed E-state index contributed by atoms with van der Waals surface area (Å²) in [7, 11) is 0. The van der Waals surface area contributed by atoms with Crippen LogP contribution < -0.4 is 10.6 Å². The molecule has 0 unspecified atom stereocenters. The van der Waals surface area contributed by atoms with Gasteiger partial charge in [-0.2, -0.15) is 0 Å². The predicted molar refractivity (Wildman–Crippen MR) is 120 cm³/mol. The number of carboxylic acid groups (broad SMARTS) is 2. The van der Waals surface area contributed by atoms with Gasteiger partial charge in [-0.3, -0.25) is 9.59 Å². The molecule has 4 N–H and O–H groups in total. The van der Waals surface area contributed by atoms with Crippen molar-refractivity contribution >= 4 is 58.6 Å². The molecule has 0 fully saturated rings. The van der Waals surface area contributed by atoms with Crippen molar-refractivity contribution in [2.75, 3.05) is 11.5 Å². The van der Waals surface area contributed by atoms with Crippen LogP contribution in [0.1, 0.15) is 52.4 Å². The highest BCUT2D eigenvalue weighted by Gasteiger charge is 2.21. The second kappa shape index (κ2) is 15.0. The number of hydrogen-bond donors (Lipinski definition) is 4. The lowest BCUT2D eigenvalue weighted by molar-refractivity contribution is -0.142. The smallest absolute Gasteiger partial charge is 0.326 e. The Labute approximate surface area is 193 Å². The summed E-state index contributed by atoms with van der Waals surface area (Å²) in [6.07, 6.45) is 3.86. The molecule has 0 aliphatic carbocycles. The highest BCUT2D eigenvalue weighted by Crippen LogP contribution is 2.28.